The normalized spacial score (nSPS) is 11.0. The van der Waals surface area contributed by atoms with Gasteiger partial charge in [0.15, 0.2) is 5.76 Å². The van der Waals surface area contributed by atoms with Crippen molar-refractivity contribution in [1.82, 2.24) is 10.5 Å². The summed E-state index contributed by atoms with van der Waals surface area (Å²) in [5.74, 6) is 0.363. The van der Waals surface area contributed by atoms with E-state index in [1.807, 2.05) is 13.0 Å². The quantitative estimate of drug-likeness (QED) is 0.775. The van der Waals surface area contributed by atoms with Gasteiger partial charge in [-0.15, -0.1) is 11.3 Å². The number of amides is 1. The molecule has 0 spiro atoms. The topological polar surface area (TPSA) is 81.2 Å². The van der Waals surface area contributed by atoms with Crippen LogP contribution in [0, 0.1) is 6.92 Å². The molecule has 0 unspecified atom stereocenters. The van der Waals surface area contributed by atoms with Gasteiger partial charge < -0.3 is 15.6 Å². The highest BCUT2D eigenvalue weighted by atomic mass is 35.5. The molecule has 0 saturated heterocycles. The molecule has 0 radical (unpaired) electrons. The van der Waals surface area contributed by atoms with Gasteiger partial charge in [0.2, 0.25) is 0 Å². The van der Waals surface area contributed by atoms with Gasteiger partial charge in [0.1, 0.15) is 4.88 Å². The van der Waals surface area contributed by atoms with E-state index in [4.69, 9.17) is 21.9 Å². The molecule has 7 heteroatoms. The van der Waals surface area contributed by atoms with Crippen LogP contribution < -0.4 is 11.1 Å². The Balaban J connectivity index is 1.82. The van der Waals surface area contributed by atoms with E-state index in [1.54, 1.807) is 18.2 Å². The van der Waals surface area contributed by atoms with Crippen LogP contribution in [0.25, 0.3) is 10.1 Å². The Hall–Kier alpha value is -2.05. The van der Waals surface area contributed by atoms with Crippen molar-refractivity contribution in [2.75, 3.05) is 5.73 Å². The zero-order chi connectivity index (χ0) is 15.0. The van der Waals surface area contributed by atoms with E-state index >= 15 is 0 Å². The van der Waals surface area contributed by atoms with Crippen molar-refractivity contribution in [2.45, 2.75) is 13.5 Å². The minimum absolute atomic E-state index is 0.237. The molecule has 1 amide bonds. The van der Waals surface area contributed by atoms with Gasteiger partial charge in [0.05, 0.1) is 17.9 Å². The summed E-state index contributed by atoms with van der Waals surface area (Å²) in [4.78, 5) is 12.7. The van der Waals surface area contributed by atoms with Gasteiger partial charge in [-0.25, -0.2) is 0 Å². The molecule has 108 valence electrons. The first kappa shape index (κ1) is 13.9. The predicted octanol–water partition coefficient (Wildman–Crippen LogP) is 3.36. The van der Waals surface area contributed by atoms with Crippen molar-refractivity contribution in [3.8, 4) is 0 Å². The van der Waals surface area contributed by atoms with E-state index in [0.29, 0.717) is 21.3 Å². The number of fused-ring (bicyclic) bond motifs is 1. The van der Waals surface area contributed by atoms with Crippen LogP contribution in [0.4, 0.5) is 5.69 Å². The number of benzene rings is 1. The van der Waals surface area contributed by atoms with Gasteiger partial charge in [0, 0.05) is 21.2 Å². The summed E-state index contributed by atoms with van der Waals surface area (Å²) in [6.45, 7) is 2.09. The Kier molecular flexibility index (Phi) is 3.57. The number of nitrogens with two attached hydrogens (primary N) is 1. The summed E-state index contributed by atoms with van der Waals surface area (Å²) in [7, 11) is 0. The number of carbonyl (C=O) groups is 1. The number of nitrogens with one attached hydrogen (secondary N) is 1. The largest absolute Gasteiger partial charge is 0.397 e. The van der Waals surface area contributed by atoms with E-state index in [-0.39, 0.29) is 12.5 Å². The summed E-state index contributed by atoms with van der Waals surface area (Å²) >= 11 is 7.27. The molecule has 2 heterocycles. The van der Waals surface area contributed by atoms with E-state index in [2.05, 4.69) is 10.5 Å². The maximum atomic E-state index is 12.2. The maximum absolute atomic E-state index is 12.2. The van der Waals surface area contributed by atoms with E-state index in [1.165, 1.54) is 11.3 Å². The van der Waals surface area contributed by atoms with Crippen LogP contribution in [-0.2, 0) is 6.54 Å². The Morgan fingerprint density at radius 2 is 2.29 bits per heavy atom. The standard InChI is InChI=1S/C14H12ClN3O2S/c1-7-4-9(20-18-7)6-17-14(19)13-12(16)10-3-2-8(15)5-11(10)21-13/h2-5H,6,16H2,1H3,(H,17,19). The Labute approximate surface area is 129 Å². The van der Waals surface area contributed by atoms with Crippen molar-refractivity contribution in [3.05, 3.63) is 45.6 Å². The number of thiophene rings is 1. The lowest BCUT2D eigenvalue weighted by Gasteiger charge is -2.01. The molecule has 2 aromatic heterocycles. The number of aryl methyl sites for hydroxylation is 1. The van der Waals surface area contributed by atoms with Gasteiger partial charge in [-0.05, 0) is 25.1 Å². The number of hydrogen-bond donors (Lipinski definition) is 2. The Bertz CT molecular complexity index is 825. The molecule has 3 rings (SSSR count). The molecule has 3 aromatic rings. The van der Waals surface area contributed by atoms with Crippen LogP contribution in [0.1, 0.15) is 21.1 Å². The number of rotatable bonds is 3. The van der Waals surface area contributed by atoms with Gasteiger partial charge in [-0.1, -0.05) is 16.8 Å². The van der Waals surface area contributed by atoms with Crippen LogP contribution in [0.15, 0.2) is 28.8 Å². The third-order valence-corrected chi connectivity index (χ3v) is 4.40. The lowest BCUT2D eigenvalue weighted by Crippen LogP contribution is -2.22. The number of nitrogens with zero attached hydrogens (tertiary/aromatic N) is 1. The second-order valence-corrected chi connectivity index (χ2v) is 6.09. The summed E-state index contributed by atoms with van der Waals surface area (Å²) in [5, 5.41) is 7.99. The van der Waals surface area contributed by atoms with E-state index in [9.17, 15) is 4.79 Å². The van der Waals surface area contributed by atoms with Crippen LogP contribution in [0.3, 0.4) is 0 Å². The molecular formula is C14H12ClN3O2S. The Morgan fingerprint density at radius 3 is 3.00 bits per heavy atom. The van der Waals surface area contributed by atoms with Crippen LogP contribution in [0.5, 0.6) is 0 Å². The van der Waals surface area contributed by atoms with Crippen LogP contribution in [-0.4, -0.2) is 11.1 Å². The molecule has 1 aromatic carbocycles. The molecule has 0 aliphatic heterocycles. The summed E-state index contributed by atoms with van der Waals surface area (Å²) < 4.78 is 5.93. The third kappa shape index (κ3) is 2.72. The van der Waals surface area contributed by atoms with Crippen molar-refractivity contribution >= 4 is 44.6 Å². The lowest BCUT2D eigenvalue weighted by molar-refractivity contribution is 0.0952. The van der Waals surface area contributed by atoms with Gasteiger partial charge in [-0.3, -0.25) is 4.79 Å². The number of aromatic nitrogens is 1. The van der Waals surface area contributed by atoms with Gasteiger partial charge in [0.25, 0.3) is 5.91 Å². The maximum Gasteiger partial charge on any atom is 0.263 e. The molecule has 0 saturated carbocycles. The first-order valence-electron chi connectivity index (χ1n) is 6.22. The van der Waals surface area contributed by atoms with E-state index < -0.39 is 0 Å². The molecule has 0 aliphatic rings. The average molecular weight is 322 g/mol. The number of halogens is 1. The van der Waals surface area contributed by atoms with Gasteiger partial charge >= 0.3 is 0 Å². The minimum Gasteiger partial charge on any atom is -0.397 e. The fraction of sp³-hybridized carbons (Fsp3) is 0.143. The highest BCUT2D eigenvalue weighted by molar-refractivity contribution is 7.21. The first-order valence-corrected chi connectivity index (χ1v) is 7.42. The highest BCUT2D eigenvalue weighted by Gasteiger charge is 2.16. The monoisotopic (exact) mass is 321 g/mol. The summed E-state index contributed by atoms with van der Waals surface area (Å²) in [6, 6.07) is 7.15. The zero-order valence-corrected chi connectivity index (χ0v) is 12.7. The molecule has 21 heavy (non-hydrogen) atoms. The molecular weight excluding hydrogens is 310 g/mol. The molecule has 0 aliphatic carbocycles. The first-order chi connectivity index (χ1) is 10.0. The van der Waals surface area contributed by atoms with Crippen molar-refractivity contribution < 1.29 is 9.32 Å². The number of hydrogen-bond acceptors (Lipinski definition) is 5. The van der Waals surface area contributed by atoms with Gasteiger partial charge in [-0.2, -0.15) is 0 Å². The molecule has 0 atom stereocenters. The van der Waals surface area contributed by atoms with Crippen molar-refractivity contribution in [1.29, 1.82) is 0 Å². The fourth-order valence-electron chi connectivity index (χ4n) is 2.01. The smallest absolute Gasteiger partial charge is 0.263 e. The predicted molar refractivity (Wildman–Crippen MR) is 83.7 cm³/mol. The Morgan fingerprint density at radius 1 is 1.48 bits per heavy atom. The molecule has 3 N–H and O–H groups in total. The van der Waals surface area contributed by atoms with Crippen LogP contribution in [0.2, 0.25) is 5.02 Å². The zero-order valence-electron chi connectivity index (χ0n) is 11.1. The second-order valence-electron chi connectivity index (χ2n) is 4.60. The van der Waals surface area contributed by atoms with E-state index in [0.717, 1.165) is 15.8 Å². The third-order valence-electron chi connectivity index (χ3n) is 3.00. The average Bonchev–Trinajstić information content (AvgIpc) is 3.00. The lowest BCUT2D eigenvalue weighted by atomic mass is 10.2. The second kappa shape index (κ2) is 5.38. The SMILES string of the molecule is Cc1cc(CNC(=O)c2sc3cc(Cl)ccc3c2N)on1. The fourth-order valence-corrected chi connectivity index (χ4v) is 3.32. The summed E-state index contributed by atoms with van der Waals surface area (Å²) in [5.41, 5.74) is 7.28. The minimum atomic E-state index is -0.237. The number of anilines is 1. The number of carbonyl (C=O) groups excluding carboxylic acids is 1. The highest BCUT2D eigenvalue weighted by Crippen LogP contribution is 2.35. The molecule has 5 nitrogen and oxygen atoms in total. The summed E-state index contributed by atoms with van der Waals surface area (Å²) in [6.07, 6.45) is 0. The molecule has 0 bridgehead atoms. The molecule has 0 fully saturated rings. The van der Waals surface area contributed by atoms with Crippen molar-refractivity contribution in [3.63, 3.8) is 0 Å². The van der Waals surface area contributed by atoms with Crippen molar-refractivity contribution in [2.24, 2.45) is 0 Å². The number of nitrogen functional groups attached to an aromatic ring is 1. The van der Waals surface area contributed by atoms with Crippen LogP contribution >= 0.6 is 22.9 Å².